The lowest BCUT2D eigenvalue weighted by atomic mass is 10.00. The van der Waals surface area contributed by atoms with Crippen molar-refractivity contribution in [2.75, 3.05) is 19.7 Å². The number of hydrogen-bond acceptors (Lipinski definition) is 5. The Morgan fingerprint density at radius 3 is 2.65 bits per heavy atom. The second-order valence-electron chi connectivity index (χ2n) is 8.70. The fourth-order valence-electron chi connectivity index (χ4n) is 4.07. The Balaban J connectivity index is 1.32. The summed E-state index contributed by atoms with van der Waals surface area (Å²) in [4.78, 5) is 15.1. The van der Waals surface area contributed by atoms with Crippen LogP contribution in [0.4, 0.5) is 0 Å². The molecule has 4 rings (SSSR count). The van der Waals surface area contributed by atoms with Gasteiger partial charge in [0.1, 0.15) is 24.2 Å². The first-order valence-corrected chi connectivity index (χ1v) is 11.2. The molecular weight excluding hydrogens is 392 g/mol. The van der Waals surface area contributed by atoms with Crippen LogP contribution in [0.3, 0.4) is 0 Å². The molecule has 1 fully saturated rings. The largest absolute Gasteiger partial charge is 0.491 e. The van der Waals surface area contributed by atoms with E-state index in [1.807, 2.05) is 6.92 Å². The average Bonchev–Trinajstić information content (AvgIpc) is 3.27. The summed E-state index contributed by atoms with van der Waals surface area (Å²) in [6.45, 7) is 7.30. The number of likely N-dealkylation sites (tertiary alicyclic amines) is 1. The molecule has 0 radical (unpaired) electrons. The minimum atomic E-state index is -0.562. The van der Waals surface area contributed by atoms with Gasteiger partial charge >= 0.3 is 0 Å². The number of amides is 1. The molecule has 2 aliphatic rings. The van der Waals surface area contributed by atoms with Gasteiger partial charge in [0.05, 0.1) is 12.1 Å². The van der Waals surface area contributed by atoms with Gasteiger partial charge in [0.2, 0.25) is 0 Å². The standard InChI is InChI=1S/C25H32N2O4/c1-17(28)18(2)31-23-9-7-20(8-10-23)25(29)26-22-14-21-6-5-19(13-24(21)30-16-22)15-27-11-3-4-12-27/h5-10,13,17-18,22,28H,3-4,11-12,14-16H2,1-2H3,(H,26,29)/t17-,18+,22+/m0/s1. The van der Waals surface area contributed by atoms with E-state index < -0.39 is 6.10 Å². The number of nitrogens with zero attached hydrogens (tertiary/aromatic N) is 1. The third-order valence-corrected chi connectivity index (χ3v) is 6.10. The monoisotopic (exact) mass is 424 g/mol. The Labute approximate surface area is 184 Å². The fourth-order valence-corrected chi connectivity index (χ4v) is 4.07. The van der Waals surface area contributed by atoms with E-state index in [-0.39, 0.29) is 18.1 Å². The Morgan fingerprint density at radius 2 is 1.94 bits per heavy atom. The van der Waals surface area contributed by atoms with Crippen molar-refractivity contribution in [2.45, 2.75) is 57.9 Å². The van der Waals surface area contributed by atoms with Crippen LogP contribution in [-0.2, 0) is 13.0 Å². The van der Waals surface area contributed by atoms with Crippen LogP contribution in [0.25, 0.3) is 0 Å². The number of aliphatic hydroxyl groups excluding tert-OH is 1. The minimum absolute atomic E-state index is 0.0596. The SMILES string of the molecule is C[C@H](O)[C@@H](C)Oc1ccc(C(=O)N[C@H]2COc3cc(CN4CCCC4)ccc3C2)cc1. The summed E-state index contributed by atoms with van der Waals surface area (Å²) >= 11 is 0. The maximum Gasteiger partial charge on any atom is 0.251 e. The van der Waals surface area contributed by atoms with Crippen LogP contribution in [0.5, 0.6) is 11.5 Å². The summed E-state index contributed by atoms with van der Waals surface area (Å²) in [6, 6.07) is 13.4. The maximum atomic E-state index is 12.7. The van der Waals surface area contributed by atoms with Crippen LogP contribution < -0.4 is 14.8 Å². The van der Waals surface area contributed by atoms with Gasteiger partial charge in [-0.25, -0.2) is 0 Å². The molecule has 2 aromatic carbocycles. The Hall–Kier alpha value is -2.57. The molecule has 2 aliphatic heterocycles. The predicted octanol–water partition coefficient (Wildman–Crippen LogP) is 3.16. The van der Waals surface area contributed by atoms with Gasteiger partial charge in [-0.1, -0.05) is 12.1 Å². The first-order valence-electron chi connectivity index (χ1n) is 11.2. The Kier molecular flexibility index (Phi) is 6.78. The number of benzene rings is 2. The average molecular weight is 425 g/mol. The topological polar surface area (TPSA) is 71.0 Å². The number of aliphatic hydroxyl groups is 1. The van der Waals surface area contributed by atoms with Gasteiger partial charge in [0, 0.05) is 12.1 Å². The number of hydrogen-bond donors (Lipinski definition) is 2. The third kappa shape index (κ3) is 5.57. The zero-order valence-electron chi connectivity index (χ0n) is 18.3. The van der Waals surface area contributed by atoms with Crippen LogP contribution in [0.15, 0.2) is 42.5 Å². The van der Waals surface area contributed by atoms with E-state index >= 15 is 0 Å². The molecule has 6 nitrogen and oxygen atoms in total. The Morgan fingerprint density at radius 1 is 1.19 bits per heavy atom. The normalized spacial score (nSPS) is 20.4. The molecule has 6 heteroatoms. The molecule has 0 unspecified atom stereocenters. The molecule has 0 aromatic heterocycles. The highest BCUT2D eigenvalue weighted by Gasteiger charge is 2.23. The van der Waals surface area contributed by atoms with Crippen LogP contribution in [-0.4, -0.2) is 53.9 Å². The quantitative estimate of drug-likeness (QED) is 0.715. The molecule has 3 atom stereocenters. The molecule has 0 saturated carbocycles. The maximum absolute atomic E-state index is 12.7. The number of rotatable bonds is 7. The van der Waals surface area contributed by atoms with Gasteiger partial charge in [0.25, 0.3) is 5.91 Å². The van der Waals surface area contributed by atoms with E-state index in [4.69, 9.17) is 9.47 Å². The van der Waals surface area contributed by atoms with Crippen molar-refractivity contribution in [2.24, 2.45) is 0 Å². The highest BCUT2D eigenvalue weighted by molar-refractivity contribution is 5.94. The van der Waals surface area contributed by atoms with Crippen molar-refractivity contribution in [3.05, 3.63) is 59.2 Å². The summed E-state index contributed by atoms with van der Waals surface area (Å²) in [5.41, 5.74) is 3.00. The zero-order chi connectivity index (χ0) is 21.8. The number of nitrogens with one attached hydrogen (secondary N) is 1. The number of ether oxygens (including phenoxy) is 2. The smallest absolute Gasteiger partial charge is 0.251 e. The minimum Gasteiger partial charge on any atom is -0.491 e. The fraction of sp³-hybridized carbons (Fsp3) is 0.480. The molecule has 0 bridgehead atoms. The molecule has 2 heterocycles. The lowest BCUT2D eigenvalue weighted by Crippen LogP contribution is -2.42. The zero-order valence-corrected chi connectivity index (χ0v) is 18.3. The number of fused-ring (bicyclic) bond motifs is 1. The summed E-state index contributed by atoms with van der Waals surface area (Å²) in [5, 5.41) is 12.6. The van der Waals surface area contributed by atoms with Gasteiger partial charge in [0.15, 0.2) is 0 Å². The molecule has 166 valence electrons. The molecule has 2 aromatic rings. The van der Waals surface area contributed by atoms with E-state index in [2.05, 4.69) is 28.4 Å². The van der Waals surface area contributed by atoms with E-state index in [0.717, 1.165) is 24.3 Å². The van der Waals surface area contributed by atoms with Crippen LogP contribution in [0.2, 0.25) is 0 Å². The van der Waals surface area contributed by atoms with Crippen molar-refractivity contribution in [3.63, 3.8) is 0 Å². The first kappa shape index (κ1) is 21.7. The molecule has 31 heavy (non-hydrogen) atoms. The van der Waals surface area contributed by atoms with Crippen molar-refractivity contribution in [1.82, 2.24) is 10.2 Å². The van der Waals surface area contributed by atoms with E-state index in [1.54, 1.807) is 31.2 Å². The van der Waals surface area contributed by atoms with Crippen molar-refractivity contribution in [1.29, 1.82) is 0 Å². The van der Waals surface area contributed by atoms with E-state index in [0.29, 0.717) is 17.9 Å². The molecule has 0 aliphatic carbocycles. The highest BCUT2D eigenvalue weighted by atomic mass is 16.5. The van der Waals surface area contributed by atoms with Crippen LogP contribution >= 0.6 is 0 Å². The first-order chi connectivity index (χ1) is 15.0. The number of carbonyl (C=O) groups excluding carboxylic acids is 1. The second-order valence-corrected chi connectivity index (χ2v) is 8.70. The van der Waals surface area contributed by atoms with Gasteiger partial charge in [-0.2, -0.15) is 0 Å². The number of carbonyl (C=O) groups is 1. The molecule has 1 saturated heterocycles. The highest BCUT2D eigenvalue weighted by Crippen LogP contribution is 2.27. The lowest BCUT2D eigenvalue weighted by Gasteiger charge is -2.27. The van der Waals surface area contributed by atoms with Gasteiger partial charge in [-0.15, -0.1) is 0 Å². The summed E-state index contributed by atoms with van der Waals surface area (Å²) in [7, 11) is 0. The van der Waals surface area contributed by atoms with E-state index in [9.17, 15) is 9.90 Å². The van der Waals surface area contributed by atoms with Crippen molar-refractivity contribution >= 4 is 5.91 Å². The molecule has 1 amide bonds. The predicted molar refractivity (Wildman–Crippen MR) is 120 cm³/mol. The second kappa shape index (κ2) is 9.71. The van der Waals surface area contributed by atoms with Crippen molar-refractivity contribution in [3.8, 4) is 11.5 Å². The van der Waals surface area contributed by atoms with Gasteiger partial charge in [-0.05, 0) is 87.7 Å². The van der Waals surface area contributed by atoms with Gasteiger partial charge < -0.3 is 19.9 Å². The molecular formula is C25H32N2O4. The summed E-state index contributed by atoms with van der Waals surface area (Å²) in [5.74, 6) is 1.44. The molecule has 2 N–H and O–H groups in total. The summed E-state index contributed by atoms with van der Waals surface area (Å²) in [6.07, 6.45) is 2.47. The summed E-state index contributed by atoms with van der Waals surface area (Å²) < 4.78 is 11.6. The third-order valence-electron chi connectivity index (χ3n) is 6.10. The van der Waals surface area contributed by atoms with E-state index in [1.165, 1.54) is 31.5 Å². The van der Waals surface area contributed by atoms with Crippen LogP contribution in [0, 0.1) is 0 Å². The van der Waals surface area contributed by atoms with Crippen LogP contribution in [0.1, 0.15) is 48.2 Å². The van der Waals surface area contributed by atoms with Crippen molar-refractivity contribution < 1.29 is 19.4 Å². The van der Waals surface area contributed by atoms with Gasteiger partial charge in [-0.3, -0.25) is 9.69 Å². The molecule has 0 spiro atoms. The lowest BCUT2D eigenvalue weighted by molar-refractivity contribution is 0.0604. The Bertz CT molecular complexity index is 891.